The second kappa shape index (κ2) is 5.44. The maximum Gasteiger partial charge on any atom is 0.303 e. The molecule has 20 heavy (non-hydrogen) atoms. The van der Waals surface area contributed by atoms with Gasteiger partial charge >= 0.3 is 5.97 Å². The van der Waals surface area contributed by atoms with Crippen molar-refractivity contribution in [1.29, 1.82) is 0 Å². The first kappa shape index (κ1) is 14.2. The van der Waals surface area contributed by atoms with Crippen LogP contribution in [0.5, 0.6) is 0 Å². The number of nitro benzene ring substituents is 1. The number of halogens is 1. The minimum Gasteiger partial charge on any atom is -0.481 e. The van der Waals surface area contributed by atoms with Crippen LogP contribution in [0.1, 0.15) is 25.7 Å². The van der Waals surface area contributed by atoms with Gasteiger partial charge in [-0.3, -0.25) is 14.9 Å². The van der Waals surface area contributed by atoms with Gasteiger partial charge < -0.3 is 10.4 Å². The van der Waals surface area contributed by atoms with Gasteiger partial charge in [-0.2, -0.15) is 0 Å². The fourth-order valence-electron chi connectivity index (χ4n) is 2.50. The third-order valence-electron chi connectivity index (χ3n) is 3.75. The molecule has 6 nitrogen and oxygen atoms in total. The topological polar surface area (TPSA) is 92.5 Å². The normalized spacial score (nSPS) is 16.2. The molecule has 0 amide bonds. The monoisotopic (exact) mass is 282 g/mol. The van der Waals surface area contributed by atoms with Gasteiger partial charge in [0.1, 0.15) is 11.5 Å². The lowest BCUT2D eigenvalue weighted by Crippen LogP contribution is -2.38. The molecule has 1 saturated carbocycles. The number of aliphatic carboxylic acids is 1. The van der Waals surface area contributed by atoms with E-state index in [0.29, 0.717) is 6.54 Å². The van der Waals surface area contributed by atoms with Gasteiger partial charge in [0.25, 0.3) is 5.69 Å². The van der Waals surface area contributed by atoms with Crippen LogP contribution in [0.3, 0.4) is 0 Å². The molecule has 2 rings (SSSR count). The van der Waals surface area contributed by atoms with E-state index in [2.05, 4.69) is 5.32 Å². The van der Waals surface area contributed by atoms with Crippen LogP contribution in [0.4, 0.5) is 15.8 Å². The largest absolute Gasteiger partial charge is 0.481 e. The van der Waals surface area contributed by atoms with Crippen molar-refractivity contribution in [2.45, 2.75) is 25.7 Å². The maximum absolute atomic E-state index is 13.0. The summed E-state index contributed by atoms with van der Waals surface area (Å²) in [5, 5.41) is 22.7. The summed E-state index contributed by atoms with van der Waals surface area (Å²) < 4.78 is 13.0. The fourth-order valence-corrected chi connectivity index (χ4v) is 2.50. The van der Waals surface area contributed by atoms with Gasteiger partial charge in [-0.15, -0.1) is 0 Å². The third kappa shape index (κ3) is 3.04. The molecule has 0 heterocycles. The zero-order chi connectivity index (χ0) is 14.8. The molecule has 108 valence electrons. The summed E-state index contributed by atoms with van der Waals surface area (Å²) in [5.41, 5.74) is -0.475. The first-order valence-electron chi connectivity index (χ1n) is 6.31. The van der Waals surface area contributed by atoms with Crippen molar-refractivity contribution >= 4 is 17.3 Å². The van der Waals surface area contributed by atoms with Crippen molar-refractivity contribution in [1.82, 2.24) is 0 Å². The van der Waals surface area contributed by atoms with Crippen LogP contribution in [-0.4, -0.2) is 22.5 Å². The minimum atomic E-state index is -0.875. The van der Waals surface area contributed by atoms with E-state index < -0.39 is 16.7 Å². The number of hydrogen-bond acceptors (Lipinski definition) is 4. The second-order valence-corrected chi connectivity index (χ2v) is 5.20. The third-order valence-corrected chi connectivity index (χ3v) is 3.75. The number of nitrogens with one attached hydrogen (secondary N) is 1. The zero-order valence-corrected chi connectivity index (χ0v) is 10.8. The van der Waals surface area contributed by atoms with Crippen LogP contribution in [-0.2, 0) is 4.79 Å². The Bertz CT molecular complexity index is 543. The van der Waals surface area contributed by atoms with Gasteiger partial charge in [0, 0.05) is 6.54 Å². The smallest absolute Gasteiger partial charge is 0.303 e. The number of carboxylic acids is 1. The Balaban J connectivity index is 2.10. The number of carbonyl (C=O) groups is 1. The summed E-state index contributed by atoms with van der Waals surface area (Å²) in [5.74, 6) is -1.55. The lowest BCUT2D eigenvalue weighted by atomic mass is 9.66. The van der Waals surface area contributed by atoms with E-state index in [1.807, 2.05) is 0 Å². The molecule has 0 aliphatic heterocycles. The average Bonchev–Trinajstić information content (AvgIpc) is 2.33. The van der Waals surface area contributed by atoms with Crippen LogP contribution in [0.25, 0.3) is 0 Å². The predicted molar refractivity (Wildman–Crippen MR) is 70.1 cm³/mol. The van der Waals surface area contributed by atoms with E-state index in [1.165, 1.54) is 6.07 Å². The van der Waals surface area contributed by atoms with Gasteiger partial charge in [-0.25, -0.2) is 4.39 Å². The Morgan fingerprint density at radius 3 is 2.70 bits per heavy atom. The highest BCUT2D eigenvalue weighted by molar-refractivity contribution is 5.68. The van der Waals surface area contributed by atoms with Crippen LogP contribution >= 0.6 is 0 Å². The Kier molecular flexibility index (Phi) is 3.87. The predicted octanol–water partition coefficient (Wildman–Crippen LogP) is 2.79. The number of rotatable bonds is 6. The van der Waals surface area contributed by atoms with Crippen molar-refractivity contribution in [3.05, 3.63) is 34.1 Å². The Labute approximate surface area is 114 Å². The second-order valence-electron chi connectivity index (χ2n) is 5.20. The molecule has 7 heteroatoms. The number of hydrogen-bond donors (Lipinski definition) is 2. The van der Waals surface area contributed by atoms with Crippen LogP contribution in [0.15, 0.2) is 18.2 Å². The van der Waals surface area contributed by atoms with Gasteiger partial charge in [0.05, 0.1) is 17.4 Å². The summed E-state index contributed by atoms with van der Waals surface area (Å²) in [4.78, 5) is 21.1. The molecule has 1 aromatic rings. The Morgan fingerprint density at radius 2 is 2.20 bits per heavy atom. The number of benzene rings is 1. The molecule has 0 bridgehead atoms. The first-order chi connectivity index (χ1) is 9.42. The molecule has 2 N–H and O–H groups in total. The lowest BCUT2D eigenvalue weighted by Gasteiger charge is -2.41. The lowest BCUT2D eigenvalue weighted by molar-refractivity contribution is -0.384. The number of nitrogens with zero attached hydrogens (tertiary/aromatic N) is 1. The summed E-state index contributed by atoms with van der Waals surface area (Å²) >= 11 is 0. The summed E-state index contributed by atoms with van der Waals surface area (Å²) in [6.45, 7) is 0.339. The van der Waals surface area contributed by atoms with Gasteiger partial charge in [0.2, 0.25) is 0 Å². The van der Waals surface area contributed by atoms with Crippen molar-refractivity contribution in [3.63, 3.8) is 0 Å². The van der Waals surface area contributed by atoms with E-state index in [9.17, 15) is 19.3 Å². The fraction of sp³-hybridized carbons (Fsp3) is 0.462. The number of nitro groups is 1. The summed E-state index contributed by atoms with van der Waals surface area (Å²) in [7, 11) is 0. The molecule has 0 aromatic heterocycles. The molecular formula is C13H15FN2O4. The molecule has 1 aliphatic carbocycles. The van der Waals surface area contributed by atoms with E-state index in [-0.39, 0.29) is 23.2 Å². The number of anilines is 1. The summed E-state index contributed by atoms with van der Waals surface area (Å²) in [6, 6.07) is 3.30. The van der Waals surface area contributed by atoms with Crippen LogP contribution in [0.2, 0.25) is 0 Å². The summed E-state index contributed by atoms with van der Waals surface area (Å²) in [6.07, 6.45) is 2.55. The van der Waals surface area contributed by atoms with Crippen molar-refractivity contribution in [3.8, 4) is 0 Å². The quantitative estimate of drug-likeness (QED) is 0.618. The van der Waals surface area contributed by atoms with Crippen LogP contribution in [0, 0.1) is 21.3 Å². The molecule has 0 saturated heterocycles. The maximum atomic E-state index is 13.0. The highest BCUT2D eigenvalue weighted by Crippen LogP contribution is 2.44. The molecular weight excluding hydrogens is 267 g/mol. The van der Waals surface area contributed by atoms with E-state index >= 15 is 0 Å². The van der Waals surface area contributed by atoms with Crippen molar-refractivity contribution in [2.24, 2.45) is 5.41 Å². The van der Waals surface area contributed by atoms with Gasteiger partial charge in [-0.1, -0.05) is 6.42 Å². The van der Waals surface area contributed by atoms with Crippen molar-refractivity contribution < 1.29 is 19.2 Å². The van der Waals surface area contributed by atoms with Crippen molar-refractivity contribution in [2.75, 3.05) is 11.9 Å². The molecule has 0 spiro atoms. The standard InChI is InChI=1S/C13H15FN2O4/c14-9-2-3-10(11(6-9)16(19)20)15-8-13(4-1-5-13)7-12(17)18/h2-3,6,15H,1,4-5,7-8H2,(H,17,18). The highest BCUT2D eigenvalue weighted by atomic mass is 19.1. The van der Waals surface area contributed by atoms with Gasteiger partial charge in [0.15, 0.2) is 0 Å². The highest BCUT2D eigenvalue weighted by Gasteiger charge is 2.39. The van der Waals surface area contributed by atoms with E-state index in [4.69, 9.17) is 5.11 Å². The van der Waals surface area contributed by atoms with E-state index in [0.717, 1.165) is 31.4 Å². The Morgan fingerprint density at radius 1 is 1.50 bits per heavy atom. The van der Waals surface area contributed by atoms with Gasteiger partial charge in [-0.05, 0) is 30.4 Å². The molecule has 1 fully saturated rings. The van der Waals surface area contributed by atoms with Crippen LogP contribution < -0.4 is 5.32 Å². The van der Waals surface area contributed by atoms with E-state index in [1.54, 1.807) is 0 Å². The molecule has 0 unspecified atom stereocenters. The zero-order valence-electron chi connectivity index (χ0n) is 10.8. The average molecular weight is 282 g/mol. The SMILES string of the molecule is O=C(O)CC1(CNc2ccc(F)cc2[N+](=O)[O-])CCC1. The molecule has 1 aromatic carbocycles. The molecule has 0 atom stereocenters. The Hall–Kier alpha value is -2.18. The molecule has 1 aliphatic rings. The first-order valence-corrected chi connectivity index (χ1v) is 6.31. The minimum absolute atomic E-state index is 0.0367. The molecule has 0 radical (unpaired) electrons. The number of carboxylic acid groups (broad SMARTS) is 1.